The number of rotatable bonds is 7. The van der Waals surface area contributed by atoms with Crippen molar-refractivity contribution >= 4 is 28.9 Å². The van der Waals surface area contributed by atoms with Crippen molar-refractivity contribution in [2.24, 2.45) is 0 Å². The fraction of sp³-hybridized carbons (Fsp3) is 0.188. The monoisotopic (exact) mass is 358 g/mol. The number of hydrogen-bond donors (Lipinski definition) is 4. The molecule has 0 fully saturated rings. The molecule has 2 aromatic heterocycles. The average Bonchev–Trinajstić information content (AvgIpc) is 3.00. The zero-order valence-electron chi connectivity index (χ0n) is 13.4. The molecule has 0 aliphatic carbocycles. The van der Waals surface area contributed by atoms with Crippen LogP contribution in [0.4, 0.5) is 10.3 Å². The van der Waals surface area contributed by atoms with E-state index in [1.54, 1.807) is 6.07 Å². The molecule has 0 saturated heterocycles. The van der Waals surface area contributed by atoms with E-state index in [1.807, 2.05) is 0 Å². The second-order valence-electron chi connectivity index (χ2n) is 5.44. The van der Waals surface area contributed by atoms with Crippen molar-refractivity contribution in [3.8, 4) is 0 Å². The number of imidazole rings is 1. The van der Waals surface area contributed by atoms with E-state index in [4.69, 9.17) is 0 Å². The summed E-state index contributed by atoms with van der Waals surface area (Å²) in [4.78, 5) is 38.1. The Morgan fingerprint density at radius 2 is 2.04 bits per heavy atom. The Morgan fingerprint density at radius 3 is 2.77 bits per heavy atom. The molecule has 3 rings (SSSR count). The number of amides is 1. The smallest absolute Gasteiger partial charge is 0.321 e. The second-order valence-corrected chi connectivity index (χ2v) is 5.44. The van der Waals surface area contributed by atoms with Gasteiger partial charge < -0.3 is 10.1 Å². The minimum Gasteiger partial charge on any atom is -0.480 e. The van der Waals surface area contributed by atoms with Crippen molar-refractivity contribution in [2.75, 3.05) is 11.9 Å². The number of hydrogen-bond acceptors (Lipinski definition) is 6. The van der Waals surface area contributed by atoms with Gasteiger partial charge in [0.2, 0.25) is 11.9 Å². The Kier molecular flexibility index (Phi) is 5.13. The highest BCUT2D eigenvalue weighted by Crippen LogP contribution is 2.14. The lowest BCUT2D eigenvalue weighted by Crippen LogP contribution is -2.43. The van der Waals surface area contributed by atoms with Gasteiger partial charge in [0.05, 0.1) is 17.6 Å². The molecule has 0 aliphatic heterocycles. The molecular weight excluding hydrogens is 343 g/mol. The Labute approximate surface area is 146 Å². The summed E-state index contributed by atoms with van der Waals surface area (Å²) < 4.78 is 13.2. The summed E-state index contributed by atoms with van der Waals surface area (Å²) in [6, 6.07) is 4.61. The van der Waals surface area contributed by atoms with Crippen LogP contribution in [0.5, 0.6) is 0 Å². The molecular formula is C16H15FN6O3. The summed E-state index contributed by atoms with van der Waals surface area (Å²) in [6.45, 7) is -0.246. The van der Waals surface area contributed by atoms with Gasteiger partial charge in [0.25, 0.3) is 0 Å². The van der Waals surface area contributed by atoms with Gasteiger partial charge in [0, 0.05) is 18.8 Å². The Hall–Kier alpha value is -3.40. The normalized spacial score (nSPS) is 12.0. The predicted molar refractivity (Wildman–Crippen MR) is 89.8 cm³/mol. The quantitative estimate of drug-likeness (QED) is 0.489. The number of aliphatic carboxylic acids is 1. The van der Waals surface area contributed by atoms with Gasteiger partial charge in [-0.25, -0.2) is 19.3 Å². The summed E-state index contributed by atoms with van der Waals surface area (Å²) in [5.74, 6) is -1.53. The third-order valence-corrected chi connectivity index (χ3v) is 3.51. The van der Waals surface area contributed by atoms with Gasteiger partial charge in [-0.3, -0.25) is 20.2 Å². The summed E-state index contributed by atoms with van der Waals surface area (Å²) in [7, 11) is 0. The maximum Gasteiger partial charge on any atom is 0.321 e. The highest BCUT2D eigenvalue weighted by Gasteiger charge is 2.20. The van der Waals surface area contributed by atoms with Crippen molar-refractivity contribution in [1.29, 1.82) is 0 Å². The standard InChI is InChI=1S/C16H15FN6O3/c17-9-2-3-10-11(6-9)22-13(21-10)7-12(15(25)26)20-8-14(24)23-16-18-4-1-5-19-16/h1-6,12,20H,7-8H2,(H,21,22)(H,25,26)(H,18,19,23,24)/t12-/m1/s1. The number of carboxylic acids is 1. The zero-order chi connectivity index (χ0) is 18.5. The number of carbonyl (C=O) groups is 2. The lowest BCUT2D eigenvalue weighted by Gasteiger charge is -2.12. The van der Waals surface area contributed by atoms with Crippen LogP contribution in [0, 0.1) is 5.82 Å². The fourth-order valence-corrected chi connectivity index (χ4v) is 2.32. The number of aromatic amines is 1. The minimum absolute atomic E-state index is 0.000743. The van der Waals surface area contributed by atoms with Crippen molar-refractivity contribution in [3.63, 3.8) is 0 Å². The molecule has 0 saturated carbocycles. The maximum atomic E-state index is 13.2. The van der Waals surface area contributed by atoms with Crippen molar-refractivity contribution in [1.82, 2.24) is 25.3 Å². The Bertz CT molecular complexity index is 930. The van der Waals surface area contributed by atoms with E-state index in [9.17, 15) is 19.1 Å². The number of nitrogens with one attached hydrogen (secondary N) is 3. The number of benzene rings is 1. The Balaban J connectivity index is 1.61. The van der Waals surface area contributed by atoms with Gasteiger partial charge in [-0.15, -0.1) is 0 Å². The number of anilines is 1. The highest BCUT2D eigenvalue weighted by molar-refractivity contribution is 5.91. The van der Waals surface area contributed by atoms with E-state index >= 15 is 0 Å². The summed E-state index contributed by atoms with van der Waals surface area (Å²) in [6.07, 6.45) is 2.95. The third kappa shape index (κ3) is 4.36. The van der Waals surface area contributed by atoms with Gasteiger partial charge in [-0.1, -0.05) is 0 Å². The molecule has 3 aromatic rings. The average molecular weight is 358 g/mol. The molecule has 1 aromatic carbocycles. The largest absolute Gasteiger partial charge is 0.480 e. The molecule has 0 unspecified atom stereocenters. The molecule has 0 spiro atoms. The van der Waals surface area contributed by atoms with E-state index in [2.05, 4.69) is 30.6 Å². The van der Waals surface area contributed by atoms with Gasteiger partial charge in [0.1, 0.15) is 17.7 Å². The molecule has 0 bridgehead atoms. The number of halogens is 1. The van der Waals surface area contributed by atoms with Crippen LogP contribution in [0.3, 0.4) is 0 Å². The first-order chi connectivity index (χ1) is 12.5. The van der Waals surface area contributed by atoms with Crippen LogP contribution in [0.15, 0.2) is 36.7 Å². The lowest BCUT2D eigenvalue weighted by molar-refractivity contribution is -0.139. The number of aromatic nitrogens is 4. The number of carbonyl (C=O) groups excluding carboxylic acids is 1. The molecule has 134 valence electrons. The van der Waals surface area contributed by atoms with Gasteiger partial charge in [-0.05, 0) is 24.3 Å². The van der Waals surface area contributed by atoms with Gasteiger partial charge >= 0.3 is 5.97 Å². The molecule has 1 atom stereocenters. The molecule has 26 heavy (non-hydrogen) atoms. The lowest BCUT2D eigenvalue weighted by atomic mass is 10.2. The van der Waals surface area contributed by atoms with Gasteiger partial charge in [0.15, 0.2) is 0 Å². The second kappa shape index (κ2) is 7.66. The minimum atomic E-state index is -1.14. The molecule has 0 radical (unpaired) electrons. The van der Waals surface area contributed by atoms with Crippen LogP contribution in [-0.2, 0) is 16.0 Å². The first kappa shape index (κ1) is 17.4. The number of carboxylic acid groups (broad SMARTS) is 1. The zero-order valence-corrected chi connectivity index (χ0v) is 13.4. The van der Waals surface area contributed by atoms with E-state index in [1.165, 1.54) is 30.6 Å². The summed E-state index contributed by atoms with van der Waals surface area (Å²) in [5.41, 5.74) is 1.01. The van der Waals surface area contributed by atoms with E-state index in [0.29, 0.717) is 16.9 Å². The van der Waals surface area contributed by atoms with Crippen LogP contribution < -0.4 is 10.6 Å². The van der Waals surface area contributed by atoms with Crippen LogP contribution >= 0.6 is 0 Å². The van der Waals surface area contributed by atoms with E-state index in [-0.39, 0.29) is 18.9 Å². The number of H-pyrrole nitrogens is 1. The molecule has 1 amide bonds. The van der Waals surface area contributed by atoms with Crippen LogP contribution in [0.1, 0.15) is 5.82 Å². The molecule has 10 heteroatoms. The number of fused-ring (bicyclic) bond motifs is 1. The highest BCUT2D eigenvalue weighted by atomic mass is 19.1. The van der Waals surface area contributed by atoms with Crippen molar-refractivity contribution in [2.45, 2.75) is 12.5 Å². The maximum absolute atomic E-state index is 13.2. The fourth-order valence-electron chi connectivity index (χ4n) is 2.32. The topological polar surface area (TPSA) is 133 Å². The molecule has 4 N–H and O–H groups in total. The van der Waals surface area contributed by atoms with Crippen LogP contribution in [0.25, 0.3) is 11.0 Å². The van der Waals surface area contributed by atoms with Gasteiger partial charge in [-0.2, -0.15) is 0 Å². The SMILES string of the molecule is O=C(CN[C@H](Cc1nc2ccc(F)cc2[nH]1)C(=O)O)Nc1ncccn1. The molecule has 2 heterocycles. The third-order valence-electron chi connectivity index (χ3n) is 3.51. The van der Waals surface area contributed by atoms with Crippen molar-refractivity contribution < 1.29 is 19.1 Å². The first-order valence-corrected chi connectivity index (χ1v) is 7.68. The van der Waals surface area contributed by atoms with Crippen LogP contribution in [0.2, 0.25) is 0 Å². The van der Waals surface area contributed by atoms with E-state index < -0.39 is 23.7 Å². The Morgan fingerprint density at radius 1 is 1.27 bits per heavy atom. The summed E-state index contributed by atoms with van der Waals surface area (Å²) >= 11 is 0. The van der Waals surface area contributed by atoms with Crippen LogP contribution in [-0.4, -0.2) is 49.5 Å². The molecule has 0 aliphatic rings. The first-order valence-electron chi connectivity index (χ1n) is 7.68. The summed E-state index contributed by atoms with van der Waals surface area (Å²) in [5, 5.41) is 14.4. The number of nitrogens with zero attached hydrogens (tertiary/aromatic N) is 3. The predicted octanol–water partition coefficient (Wildman–Crippen LogP) is 0.716. The molecule has 9 nitrogen and oxygen atoms in total. The van der Waals surface area contributed by atoms with Crippen molar-refractivity contribution in [3.05, 3.63) is 48.3 Å². The van der Waals surface area contributed by atoms with E-state index in [0.717, 1.165) is 0 Å².